The second-order valence-corrected chi connectivity index (χ2v) is 3.94. The highest BCUT2D eigenvalue weighted by Gasteiger charge is 2.24. The monoisotopic (exact) mass is 176 g/mol. The third-order valence-electron chi connectivity index (χ3n) is 2.49. The van der Waals surface area contributed by atoms with Crippen LogP contribution in [0.1, 0.15) is 30.8 Å². The van der Waals surface area contributed by atoms with Crippen LogP contribution in [-0.4, -0.2) is 9.78 Å². The zero-order valence-corrected chi connectivity index (χ0v) is 8.97. The molecule has 0 spiro atoms. The zero-order valence-electron chi connectivity index (χ0n) is 8.97. The second-order valence-electron chi connectivity index (χ2n) is 3.94. The number of terminal acetylenes is 1. The molecule has 0 bridgehead atoms. The maximum absolute atomic E-state index is 5.50. The Hall–Kier alpha value is -1.23. The Morgan fingerprint density at radius 1 is 1.38 bits per heavy atom. The van der Waals surface area contributed by atoms with Crippen molar-refractivity contribution < 1.29 is 0 Å². The van der Waals surface area contributed by atoms with Crippen LogP contribution in [0.25, 0.3) is 0 Å². The summed E-state index contributed by atoms with van der Waals surface area (Å²) >= 11 is 0. The predicted molar refractivity (Wildman–Crippen MR) is 54.5 cm³/mol. The molecule has 70 valence electrons. The van der Waals surface area contributed by atoms with Gasteiger partial charge in [0.15, 0.2) is 0 Å². The van der Waals surface area contributed by atoms with Crippen molar-refractivity contribution in [1.82, 2.24) is 9.78 Å². The highest BCUT2D eigenvalue weighted by atomic mass is 15.3. The first-order chi connectivity index (χ1) is 5.90. The molecule has 0 amide bonds. The average molecular weight is 176 g/mol. The summed E-state index contributed by atoms with van der Waals surface area (Å²) in [5, 5.41) is 4.35. The number of aryl methyl sites for hydroxylation is 2. The van der Waals surface area contributed by atoms with E-state index in [1.165, 1.54) is 5.56 Å². The highest BCUT2D eigenvalue weighted by Crippen LogP contribution is 2.27. The fraction of sp³-hybridized carbons (Fsp3) is 0.545. The smallest absolute Gasteiger partial charge is 0.0643 e. The summed E-state index contributed by atoms with van der Waals surface area (Å²) in [4.78, 5) is 0. The van der Waals surface area contributed by atoms with Gasteiger partial charge in [-0.1, -0.05) is 5.92 Å². The largest absolute Gasteiger partial charge is 0.272 e. The molecule has 13 heavy (non-hydrogen) atoms. The first-order valence-corrected chi connectivity index (χ1v) is 4.38. The van der Waals surface area contributed by atoms with Crippen molar-refractivity contribution in [2.45, 2.75) is 33.1 Å². The first kappa shape index (κ1) is 9.85. The van der Waals surface area contributed by atoms with Crippen LogP contribution >= 0.6 is 0 Å². The second kappa shape index (κ2) is 2.92. The van der Waals surface area contributed by atoms with Crippen molar-refractivity contribution in [3.8, 4) is 12.3 Å². The van der Waals surface area contributed by atoms with E-state index in [1.54, 1.807) is 0 Å². The molecule has 0 aromatic carbocycles. The minimum absolute atomic E-state index is 0.220. The number of rotatable bonds is 1. The van der Waals surface area contributed by atoms with Crippen LogP contribution in [0.4, 0.5) is 0 Å². The van der Waals surface area contributed by atoms with Crippen LogP contribution in [-0.2, 0) is 12.5 Å². The summed E-state index contributed by atoms with van der Waals surface area (Å²) in [6.07, 6.45) is 5.50. The lowest BCUT2D eigenvalue weighted by atomic mass is 9.84. The zero-order chi connectivity index (χ0) is 10.2. The van der Waals surface area contributed by atoms with Crippen molar-refractivity contribution in [2.24, 2.45) is 7.05 Å². The van der Waals surface area contributed by atoms with E-state index in [0.29, 0.717) is 0 Å². The molecule has 2 heteroatoms. The van der Waals surface area contributed by atoms with Crippen LogP contribution in [0.3, 0.4) is 0 Å². The van der Waals surface area contributed by atoms with Gasteiger partial charge in [0.1, 0.15) is 0 Å². The minimum Gasteiger partial charge on any atom is -0.272 e. The van der Waals surface area contributed by atoms with E-state index in [9.17, 15) is 0 Å². The number of nitrogens with zero attached hydrogens (tertiary/aromatic N) is 2. The van der Waals surface area contributed by atoms with Gasteiger partial charge in [0.2, 0.25) is 0 Å². The molecule has 1 aromatic rings. The van der Waals surface area contributed by atoms with Crippen molar-refractivity contribution in [3.05, 3.63) is 17.0 Å². The number of hydrogen-bond donors (Lipinski definition) is 0. The van der Waals surface area contributed by atoms with Gasteiger partial charge in [-0.2, -0.15) is 5.10 Å². The molecule has 0 unspecified atom stereocenters. The molecule has 0 aliphatic rings. The Labute approximate surface area is 80.0 Å². The highest BCUT2D eigenvalue weighted by molar-refractivity contribution is 5.38. The Kier molecular flexibility index (Phi) is 2.21. The molecule has 0 fully saturated rings. The van der Waals surface area contributed by atoms with E-state index in [1.807, 2.05) is 32.5 Å². The summed E-state index contributed by atoms with van der Waals surface area (Å²) in [7, 11) is 1.94. The molecule has 0 radical (unpaired) electrons. The predicted octanol–water partition coefficient (Wildman–Crippen LogP) is 1.95. The molecule has 1 aromatic heterocycles. The quantitative estimate of drug-likeness (QED) is 0.598. The molecule has 0 saturated heterocycles. The fourth-order valence-corrected chi connectivity index (χ4v) is 1.75. The molecule has 0 saturated carbocycles. The van der Waals surface area contributed by atoms with E-state index in [0.717, 1.165) is 11.4 Å². The molecule has 2 nitrogen and oxygen atoms in total. The van der Waals surface area contributed by atoms with Gasteiger partial charge in [0, 0.05) is 18.3 Å². The molecular formula is C11H16N2. The molecule has 1 rings (SSSR count). The third kappa shape index (κ3) is 1.47. The topological polar surface area (TPSA) is 17.8 Å². The summed E-state index contributed by atoms with van der Waals surface area (Å²) in [5.41, 5.74) is 3.14. The lowest BCUT2D eigenvalue weighted by Gasteiger charge is -2.18. The molecule has 1 heterocycles. The molecule has 0 N–H and O–H groups in total. The number of aromatic nitrogens is 2. The Morgan fingerprint density at radius 3 is 2.23 bits per heavy atom. The summed E-state index contributed by atoms with van der Waals surface area (Å²) in [6.45, 7) is 8.14. The van der Waals surface area contributed by atoms with Crippen LogP contribution in [0.2, 0.25) is 0 Å². The van der Waals surface area contributed by atoms with Crippen molar-refractivity contribution in [2.75, 3.05) is 0 Å². The lowest BCUT2D eigenvalue weighted by molar-refractivity contribution is 0.680. The normalized spacial score (nSPS) is 11.4. The van der Waals surface area contributed by atoms with Gasteiger partial charge < -0.3 is 0 Å². The van der Waals surface area contributed by atoms with Crippen molar-refractivity contribution >= 4 is 0 Å². The van der Waals surface area contributed by atoms with Gasteiger partial charge in [0.25, 0.3) is 0 Å². The SMILES string of the molecule is C#CC(C)(C)c1c(C)nn(C)c1C. The van der Waals surface area contributed by atoms with Crippen LogP contribution in [0.5, 0.6) is 0 Å². The molecular weight excluding hydrogens is 160 g/mol. The van der Waals surface area contributed by atoms with Crippen LogP contribution < -0.4 is 0 Å². The molecule has 0 aliphatic heterocycles. The van der Waals surface area contributed by atoms with Crippen LogP contribution in [0.15, 0.2) is 0 Å². The van der Waals surface area contributed by atoms with E-state index < -0.39 is 0 Å². The van der Waals surface area contributed by atoms with E-state index in [2.05, 4.69) is 17.9 Å². The summed E-state index contributed by atoms with van der Waals surface area (Å²) in [5.74, 6) is 2.80. The van der Waals surface area contributed by atoms with E-state index in [-0.39, 0.29) is 5.41 Å². The van der Waals surface area contributed by atoms with Gasteiger partial charge in [-0.15, -0.1) is 6.42 Å². The Morgan fingerprint density at radius 2 is 1.92 bits per heavy atom. The minimum atomic E-state index is -0.220. The van der Waals surface area contributed by atoms with E-state index >= 15 is 0 Å². The molecule has 0 aliphatic carbocycles. The Balaban J connectivity index is 3.39. The standard InChI is InChI=1S/C11H16N2/c1-7-11(4,5)10-8(2)12-13(6)9(10)3/h1H,2-6H3. The average Bonchev–Trinajstić information content (AvgIpc) is 2.27. The van der Waals surface area contributed by atoms with Gasteiger partial charge in [0.05, 0.1) is 11.1 Å². The van der Waals surface area contributed by atoms with Crippen molar-refractivity contribution in [1.29, 1.82) is 0 Å². The lowest BCUT2D eigenvalue weighted by Crippen LogP contribution is -2.16. The Bertz CT molecular complexity index is 364. The fourth-order valence-electron chi connectivity index (χ4n) is 1.75. The maximum atomic E-state index is 5.50. The first-order valence-electron chi connectivity index (χ1n) is 4.38. The van der Waals surface area contributed by atoms with Crippen LogP contribution in [0, 0.1) is 26.2 Å². The molecule has 0 atom stereocenters. The van der Waals surface area contributed by atoms with Crippen molar-refractivity contribution in [3.63, 3.8) is 0 Å². The van der Waals surface area contributed by atoms with E-state index in [4.69, 9.17) is 6.42 Å². The third-order valence-corrected chi connectivity index (χ3v) is 2.49. The van der Waals surface area contributed by atoms with Gasteiger partial charge in [-0.05, 0) is 27.7 Å². The van der Waals surface area contributed by atoms with Gasteiger partial charge >= 0.3 is 0 Å². The maximum Gasteiger partial charge on any atom is 0.0643 e. The summed E-state index contributed by atoms with van der Waals surface area (Å²) in [6, 6.07) is 0. The summed E-state index contributed by atoms with van der Waals surface area (Å²) < 4.78 is 1.88. The number of hydrogen-bond acceptors (Lipinski definition) is 1. The van der Waals surface area contributed by atoms with Gasteiger partial charge in [-0.3, -0.25) is 4.68 Å². The van der Waals surface area contributed by atoms with Gasteiger partial charge in [-0.25, -0.2) is 0 Å².